The second kappa shape index (κ2) is 4.13. The van der Waals surface area contributed by atoms with Gasteiger partial charge in [-0.15, -0.1) is 0 Å². The van der Waals surface area contributed by atoms with Gasteiger partial charge in [0.25, 0.3) is 0 Å². The van der Waals surface area contributed by atoms with Crippen molar-refractivity contribution in [1.82, 2.24) is 0 Å². The van der Waals surface area contributed by atoms with Gasteiger partial charge in [0.1, 0.15) is 11.4 Å². The van der Waals surface area contributed by atoms with Crippen molar-refractivity contribution in [2.75, 3.05) is 13.2 Å². The van der Waals surface area contributed by atoms with E-state index in [9.17, 15) is 9.90 Å². The van der Waals surface area contributed by atoms with Gasteiger partial charge in [-0.3, -0.25) is 0 Å². The lowest BCUT2D eigenvalue weighted by molar-refractivity contribution is -0.131. The average Bonchev–Trinajstić information content (AvgIpc) is 2.37. The molecule has 0 saturated heterocycles. The summed E-state index contributed by atoms with van der Waals surface area (Å²) in [5, 5.41) is 10.3. The highest BCUT2D eigenvalue weighted by Gasteiger charge is 2.50. The number of benzene rings is 1. The number of para-hydroxylation sites is 1. The van der Waals surface area contributed by atoms with Crippen molar-refractivity contribution in [2.45, 2.75) is 24.4 Å². The van der Waals surface area contributed by atoms with Gasteiger partial charge < -0.3 is 20.4 Å². The van der Waals surface area contributed by atoms with Gasteiger partial charge in [0.05, 0.1) is 6.61 Å². The van der Waals surface area contributed by atoms with Crippen molar-refractivity contribution in [1.29, 1.82) is 0 Å². The number of hydrogen-bond donors (Lipinski definition) is 2. The molecule has 0 radical (unpaired) electrons. The van der Waals surface area contributed by atoms with Crippen LogP contribution in [-0.4, -0.2) is 30.1 Å². The normalized spacial score (nSPS) is 26.5. The van der Waals surface area contributed by atoms with Gasteiger partial charge in [-0.05, 0) is 19.4 Å². The molecule has 2 unspecified atom stereocenters. The molecule has 0 bridgehead atoms. The van der Waals surface area contributed by atoms with Crippen molar-refractivity contribution in [3.63, 3.8) is 0 Å². The van der Waals surface area contributed by atoms with Crippen LogP contribution < -0.4 is 10.5 Å². The second-order valence-electron chi connectivity index (χ2n) is 4.65. The number of rotatable bonds is 3. The van der Waals surface area contributed by atoms with Crippen LogP contribution in [0.25, 0.3) is 0 Å². The summed E-state index contributed by atoms with van der Waals surface area (Å²) in [6, 6.07) is 7.42. The number of ether oxygens (including phenoxy) is 1. The number of aldehydes is 1. The molecule has 2 atom stereocenters. The molecule has 0 spiro atoms. The first-order valence-corrected chi connectivity index (χ1v) is 5.68. The van der Waals surface area contributed by atoms with E-state index in [0.29, 0.717) is 25.1 Å². The van der Waals surface area contributed by atoms with Gasteiger partial charge >= 0.3 is 0 Å². The fourth-order valence-electron chi connectivity index (χ4n) is 2.51. The Kier molecular flexibility index (Phi) is 2.93. The Hall–Kier alpha value is -1.39. The number of aliphatic hydroxyl groups is 1. The third-order valence-electron chi connectivity index (χ3n) is 3.74. The molecule has 1 aliphatic heterocycles. The molecule has 3 N–H and O–H groups in total. The van der Waals surface area contributed by atoms with Crippen LogP contribution in [0, 0.1) is 0 Å². The molecule has 1 heterocycles. The lowest BCUT2D eigenvalue weighted by atomic mass is 9.65. The van der Waals surface area contributed by atoms with Crippen LogP contribution in [0.4, 0.5) is 0 Å². The van der Waals surface area contributed by atoms with Crippen molar-refractivity contribution in [3.05, 3.63) is 29.8 Å². The molecule has 0 amide bonds. The highest BCUT2D eigenvalue weighted by atomic mass is 16.5. The largest absolute Gasteiger partial charge is 0.493 e. The summed E-state index contributed by atoms with van der Waals surface area (Å²) in [5.74, 6) is 0.700. The standard InChI is InChI=1S/C13H17NO3/c1-12(16,9-15)13(8-14)6-7-17-11-5-3-2-4-10(11)13/h2-5,9,16H,6-8,14H2,1H3. The number of carbonyl (C=O) groups excluding carboxylic acids is 1. The second-order valence-corrected chi connectivity index (χ2v) is 4.65. The van der Waals surface area contributed by atoms with Crippen LogP contribution in [0.3, 0.4) is 0 Å². The number of fused-ring (bicyclic) bond motifs is 1. The van der Waals surface area contributed by atoms with Gasteiger partial charge in [-0.25, -0.2) is 0 Å². The molecule has 17 heavy (non-hydrogen) atoms. The lowest BCUT2D eigenvalue weighted by Crippen LogP contribution is -2.57. The minimum Gasteiger partial charge on any atom is -0.493 e. The van der Waals surface area contributed by atoms with Gasteiger partial charge in [0.15, 0.2) is 6.29 Å². The van der Waals surface area contributed by atoms with E-state index >= 15 is 0 Å². The quantitative estimate of drug-likeness (QED) is 0.753. The molecule has 0 aromatic heterocycles. The van der Waals surface area contributed by atoms with Crippen LogP contribution >= 0.6 is 0 Å². The highest BCUT2D eigenvalue weighted by Crippen LogP contribution is 2.44. The highest BCUT2D eigenvalue weighted by molar-refractivity contribution is 5.67. The van der Waals surface area contributed by atoms with E-state index in [1.165, 1.54) is 6.92 Å². The summed E-state index contributed by atoms with van der Waals surface area (Å²) in [6.45, 7) is 2.17. The average molecular weight is 235 g/mol. The lowest BCUT2D eigenvalue weighted by Gasteiger charge is -2.45. The predicted molar refractivity (Wildman–Crippen MR) is 64.0 cm³/mol. The number of carbonyl (C=O) groups is 1. The molecule has 0 saturated carbocycles. The van der Waals surface area contributed by atoms with Crippen molar-refractivity contribution in [2.24, 2.45) is 5.73 Å². The zero-order valence-electron chi connectivity index (χ0n) is 9.85. The fourth-order valence-corrected chi connectivity index (χ4v) is 2.51. The van der Waals surface area contributed by atoms with E-state index in [1.807, 2.05) is 24.3 Å². The Balaban J connectivity index is 2.61. The van der Waals surface area contributed by atoms with Gasteiger partial charge in [-0.2, -0.15) is 0 Å². The third-order valence-corrected chi connectivity index (χ3v) is 3.74. The van der Waals surface area contributed by atoms with E-state index in [0.717, 1.165) is 5.56 Å². The van der Waals surface area contributed by atoms with Gasteiger partial charge in [-0.1, -0.05) is 18.2 Å². The van der Waals surface area contributed by atoms with E-state index in [1.54, 1.807) is 0 Å². The van der Waals surface area contributed by atoms with Crippen LogP contribution in [0.1, 0.15) is 18.9 Å². The molecule has 4 nitrogen and oxygen atoms in total. The summed E-state index contributed by atoms with van der Waals surface area (Å²) in [4.78, 5) is 11.2. The summed E-state index contributed by atoms with van der Waals surface area (Å²) in [7, 11) is 0. The number of nitrogens with two attached hydrogens (primary N) is 1. The van der Waals surface area contributed by atoms with Crippen LogP contribution in [0.2, 0.25) is 0 Å². The van der Waals surface area contributed by atoms with Gasteiger partial charge in [0, 0.05) is 17.5 Å². The van der Waals surface area contributed by atoms with Crippen LogP contribution in [0.15, 0.2) is 24.3 Å². The molecule has 0 aliphatic carbocycles. The number of hydrogen-bond acceptors (Lipinski definition) is 4. The topological polar surface area (TPSA) is 72.5 Å². The first-order chi connectivity index (χ1) is 8.07. The SMILES string of the molecule is CC(O)(C=O)C1(CN)CCOc2ccccc21. The Morgan fingerprint density at radius 2 is 2.29 bits per heavy atom. The molecule has 0 fully saturated rings. The Bertz CT molecular complexity index is 430. The zero-order chi connectivity index (χ0) is 12.5. The van der Waals surface area contributed by atoms with E-state index in [-0.39, 0.29) is 6.54 Å². The van der Waals surface area contributed by atoms with Crippen molar-refractivity contribution in [3.8, 4) is 5.75 Å². The summed E-state index contributed by atoms with van der Waals surface area (Å²) in [6.07, 6.45) is 1.11. The third kappa shape index (κ3) is 1.64. The van der Waals surface area contributed by atoms with Crippen LogP contribution in [0.5, 0.6) is 5.75 Å². The summed E-state index contributed by atoms with van der Waals surface area (Å²) in [5.41, 5.74) is 4.41. The summed E-state index contributed by atoms with van der Waals surface area (Å²) < 4.78 is 5.54. The monoisotopic (exact) mass is 235 g/mol. The first-order valence-electron chi connectivity index (χ1n) is 5.68. The predicted octanol–water partition coefficient (Wildman–Crippen LogP) is 0.615. The smallest absolute Gasteiger partial charge is 0.152 e. The van der Waals surface area contributed by atoms with E-state index in [2.05, 4.69) is 0 Å². The van der Waals surface area contributed by atoms with Crippen molar-refractivity contribution >= 4 is 6.29 Å². The minimum atomic E-state index is -1.48. The molecule has 1 aliphatic rings. The Morgan fingerprint density at radius 3 is 2.94 bits per heavy atom. The maximum atomic E-state index is 11.2. The fraction of sp³-hybridized carbons (Fsp3) is 0.462. The first kappa shape index (κ1) is 12.1. The molecular weight excluding hydrogens is 218 g/mol. The zero-order valence-corrected chi connectivity index (χ0v) is 9.85. The molecular formula is C13H17NO3. The Morgan fingerprint density at radius 1 is 1.59 bits per heavy atom. The Labute approximate surface area is 100 Å². The minimum absolute atomic E-state index is 0.207. The van der Waals surface area contributed by atoms with Crippen LogP contribution in [-0.2, 0) is 10.2 Å². The maximum absolute atomic E-state index is 11.2. The molecule has 92 valence electrons. The summed E-state index contributed by atoms with van der Waals surface area (Å²) >= 11 is 0. The van der Waals surface area contributed by atoms with E-state index in [4.69, 9.17) is 10.5 Å². The molecule has 1 aromatic carbocycles. The molecule has 4 heteroatoms. The van der Waals surface area contributed by atoms with Gasteiger partial charge in [0.2, 0.25) is 0 Å². The maximum Gasteiger partial charge on any atom is 0.152 e. The van der Waals surface area contributed by atoms with E-state index < -0.39 is 11.0 Å². The molecule has 2 rings (SSSR count). The molecule has 1 aromatic rings. The van der Waals surface area contributed by atoms with Crippen molar-refractivity contribution < 1.29 is 14.6 Å².